The lowest BCUT2D eigenvalue weighted by Crippen LogP contribution is -2.35. The molecule has 1 aliphatic heterocycles. The number of hydrogen-bond acceptors (Lipinski definition) is 4. The lowest BCUT2D eigenvalue weighted by atomic mass is 10.3. The van der Waals surface area contributed by atoms with E-state index in [9.17, 15) is 4.79 Å². The summed E-state index contributed by atoms with van der Waals surface area (Å²) in [7, 11) is 0. The van der Waals surface area contributed by atoms with E-state index in [1.54, 1.807) is 11.8 Å². The van der Waals surface area contributed by atoms with Crippen molar-refractivity contribution < 1.29 is 9.63 Å². The van der Waals surface area contributed by atoms with Crippen molar-refractivity contribution in [1.29, 1.82) is 0 Å². The van der Waals surface area contributed by atoms with Gasteiger partial charge in [0, 0.05) is 5.75 Å². The van der Waals surface area contributed by atoms with Crippen LogP contribution < -0.4 is 5.73 Å². The summed E-state index contributed by atoms with van der Waals surface area (Å²) in [5.41, 5.74) is 5.42. The Balaban J connectivity index is 2.30. The van der Waals surface area contributed by atoms with E-state index in [2.05, 4.69) is 0 Å². The van der Waals surface area contributed by atoms with Gasteiger partial charge < -0.3 is 5.73 Å². The Morgan fingerprint density at radius 3 is 3.09 bits per heavy atom. The molecule has 1 saturated heterocycles. The molecule has 0 saturated carbocycles. The maximum Gasteiger partial charge on any atom is 0.265 e. The first-order valence-corrected chi connectivity index (χ1v) is 4.84. The van der Waals surface area contributed by atoms with Gasteiger partial charge in [-0.3, -0.25) is 9.63 Å². The number of carbonyl (C=O) groups excluding carboxylic acids is 1. The van der Waals surface area contributed by atoms with Crippen LogP contribution in [0.3, 0.4) is 0 Å². The monoisotopic (exact) mass is 176 g/mol. The lowest BCUT2D eigenvalue weighted by molar-refractivity contribution is -0.160. The van der Waals surface area contributed by atoms with Crippen LogP contribution in [0.25, 0.3) is 0 Å². The summed E-state index contributed by atoms with van der Waals surface area (Å²) < 4.78 is 0. The molecule has 1 aliphatic rings. The summed E-state index contributed by atoms with van der Waals surface area (Å²) in [6, 6.07) is -0.447. The third-order valence-electron chi connectivity index (χ3n) is 1.47. The van der Waals surface area contributed by atoms with Gasteiger partial charge in [0.25, 0.3) is 5.91 Å². The highest BCUT2D eigenvalue weighted by atomic mass is 32.2. The molecule has 0 radical (unpaired) electrons. The zero-order valence-corrected chi connectivity index (χ0v) is 7.26. The molecule has 11 heavy (non-hydrogen) atoms. The first-order chi connectivity index (χ1) is 5.25. The molecular weight excluding hydrogens is 164 g/mol. The zero-order chi connectivity index (χ0) is 8.27. The molecule has 0 spiro atoms. The number of nitrogens with zero attached hydrogens (tertiary/aromatic N) is 1. The molecule has 1 fully saturated rings. The molecule has 5 heteroatoms. The van der Waals surface area contributed by atoms with Crippen molar-refractivity contribution in [2.75, 3.05) is 25.2 Å². The maximum atomic E-state index is 11.1. The van der Waals surface area contributed by atoms with Gasteiger partial charge in [-0.1, -0.05) is 0 Å². The highest BCUT2D eigenvalue weighted by Crippen LogP contribution is 2.06. The molecule has 4 nitrogen and oxygen atoms in total. The summed E-state index contributed by atoms with van der Waals surface area (Å²) in [4.78, 5) is 16.1. The number of thioether (sulfide) groups is 1. The number of hydrogen-bond donors (Lipinski definition) is 1. The molecule has 0 aromatic rings. The van der Waals surface area contributed by atoms with Crippen LogP contribution in [-0.4, -0.2) is 42.2 Å². The lowest BCUT2D eigenvalue weighted by Gasteiger charge is -2.12. The molecule has 1 unspecified atom stereocenters. The summed E-state index contributed by atoms with van der Waals surface area (Å²) in [6.07, 6.45) is 1.99. The van der Waals surface area contributed by atoms with Gasteiger partial charge in [-0.2, -0.15) is 11.8 Å². The zero-order valence-electron chi connectivity index (χ0n) is 6.45. The highest BCUT2D eigenvalue weighted by molar-refractivity contribution is 7.98. The average Bonchev–Trinajstić information content (AvgIpc) is 2.31. The first-order valence-electron chi connectivity index (χ1n) is 3.44. The van der Waals surface area contributed by atoms with Crippen LogP contribution in [0.2, 0.25) is 0 Å². The fraction of sp³-hybridized carbons (Fsp3) is 0.833. The van der Waals surface area contributed by atoms with Crippen LogP contribution in [0.5, 0.6) is 0 Å². The molecule has 1 heterocycles. The Morgan fingerprint density at radius 2 is 2.64 bits per heavy atom. The summed E-state index contributed by atoms with van der Waals surface area (Å²) >= 11 is 1.68. The molecule has 1 atom stereocenters. The van der Waals surface area contributed by atoms with Crippen LogP contribution in [-0.2, 0) is 9.63 Å². The largest absolute Gasteiger partial charge is 0.318 e. The summed E-state index contributed by atoms with van der Waals surface area (Å²) in [6.45, 7) is 0.959. The maximum absolute atomic E-state index is 11.1. The fourth-order valence-corrected chi connectivity index (χ4v) is 1.19. The van der Waals surface area contributed by atoms with Crippen LogP contribution in [0.1, 0.15) is 0 Å². The standard InChI is InChI=1S/C6H12N2O2S/c1-11-3-2-8-6(9)5(7)4-10-8/h5H,2-4,7H2,1H3. The number of carbonyl (C=O) groups is 1. The Hall–Kier alpha value is -0.260. The summed E-state index contributed by atoms with van der Waals surface area (Å²) in [5.74, 6) is 0.789. The van der Waals surface area contributed by atoms with E-state index in [0.717, 1.165) is 5.75 Å². The van der Waals surface area contributed by atoms with E-state index in [1.165, 1.54) is 5.06 Å². The third-order valence-corrected chi connectivity index (χ3v) is 2.06. The highest BCUT2D eigenvalue weighted by Gasteiger charge is 2.29. The van der Waals surface area contributed by atoms with Gasteiger partial charge in [0.15, 0.2) is 0 Å². The topological polar surface area (TPSA) is 55.6 Å². The molecule has 1 rings (SSSR count). The quantitative estimate of drug-likeness (QED) is 0.627. The van der Waals surface area contributed by atoms with Gasteiger partial charge in [-0.25, -0.2) is 5.06 Å². The normalized spacial score (nSPS) is 24.7. The Kier molecular flexibility index (Phi) is 3.16. The Morgan fingerprint density at radius 1 is 1.91 bits per heavy atom. The fourth-order valence-electron chi connectivity index (χ4n) is 0.839. The number of nitrogens with two attached hydrogens (primary N) is 1. The van der Waals surface area contributed by atoms with Gasteiger partial charge in [0.05, 0.1) is 13.2 Å². The van der Waals surface area contributed by atoms with Crippen LogP contribution in [0, 0.1) is 0 Å². The van der Waals surface area contributed by atoms with Crippen molar-refractivity contribution in [3.05, 3.63) is 0 Å². The second-order valence-corrected chi connectivity index (χ2v) is 3.32. The minimum atomic E-state index is -0.447. The molecule has 0 bridgehead atoms. The second-order valence-electron chi connectivity index (χ2n) is 2.34. The second kappa shape index (κ2) is 3.94. The number of rotatable bonds is 3. The SMILES string of the molecule is CSCCN1OCC(N)C1=O. The smallest absolute Gasteiger partial charge is 0.265 e. The van der Waals surface area contributed by atoms with Gasteiger partial charge >= 0.3 is 0 Å². The van der Waals surface area contributed by atoms with Gasteiger partial charge in [0.1, 0.15) is 6.04 Å². The number of amides is 1. The van der Waals surface area contributed by atoms with E-state index < -0.39 is 6.04 Å². The average molecular weight is 176 g/mol. The van der Waals surface area contributed by atoms with Crippen molar-refractivity contribution in [3.8, 4) is 0 Å². The van der Waals surface area contributed by atoms with E-state index >= 15 is 0 Å². The van der Waals surface area contributed by atoms with Crippen LogP contribution >= 0.6 is 11.8 Å². The Labute approximate surface area is 70.0 Å². The van der Waals surface area contributed by atoms with E-state index in [0.29, 0.717) is 13.2 Å². The van der Waals surface area contributed by atoms with Crippen LogP contribution in [0.4, 0.5) is 0 Å². The molecule has 0 aromatic carbocycles. The van der Waals surface area contributed by atoms with Crippen molar-refractivity contribution in [2.24, 2.45) is 5.73 Å². The van der Waals surface area contributed by atoms with Crippen molar-refractivity contribution >= 4 is 17.7 Å². The predicted octanol–water partition coefficient (Wildman–Crippen LogP) is -0.550. The Bertz CT molecular complexity index is 154. The van der Waals surface area contributed by atoms with Gasteiger partial charge in [-0.15, -0.1) is 0 Å². The molecule has 0 aliphatic carbocycles. The molecular formula is C6H12N2O2S. The molecule has 0 aromatic heterocycles. The van der Waals surface area contributed by atoms with Crippen LogP contribution in [0.15, 0.2) is 0 Å². The predicted molar refractivity (Wildman–Crippen MR) is 44.0 cm³/mol. The minimum Gasteiger partial charge on any atom is -0.318 e. The molecule has 64 valence electrons. The van der Waals surface area contributed by atoms with E-state index in [1.807, 2.05) is 6.26 Å². The van der Waals surface area contributed by atoms with E-state index in [-0.39, 0.29) is 5.91 Å². The van der Waals surface area contributed by atoms with Gasteiger partial charge in [-0.05, 0) is 6.26 Å². The number of hydroxylamine groups is 2. The third kappa shape index (κ3) is 2.08. The molecule has 2 N–H and O–H groups in total. The van der Waals surface area contributed by atoms with E-state index in [4.69, 9.17) is 10.6 Å². The molecule has 1 amide bonds. The van der Waals surface area contributed by atoms with Crippen molar-refractivity contribution in [1.82, 2.24) is 5.06 Å². The van der Waals surface area contributed by atoms with Gasteiger partial charge in [0.2, 0.25) is 0 Å². The van der Waals surface area contributed by atoms with Crippen molar-refractivity contribution in [3.63, 3.8) is 0 Å². The summed E-state index contributed by atoms with van der Waals surface area (Å²) in [5, 5.41) is 1.35. The first kappa shape index (κ1) is 8.83. The van der Waals surface area contributed by atoms with Crippen molar-refractivity contribution in [2.45, 2.75) is 6.04 Å². The minimum absolute atomic E-state index is 0.0981.